The van der Waals surface area contributed by atoms with Crippen molar-refractivity contribution in [3.8, 4) is 5.75 Å². The quantitative estimate of drug-likeness (QED) is 0.813. The number of carbonyl (C=O) groups excluding carboxylic acids is 1. The van der Waals surface area contributed by atoms with Crippen LogP contribution in [-0.4, -0.2) is 30.3 Å². The van der Waals surface area contributed by atoms with Crippen LogP contribution in [0, 0.1) is 18.7 Å². The maximum atomic E-state index is 13.2. The SMILES string of the molecule is Cc1cccc(OCC(O)CNC(=O)C2CC2c2cccc(F)c2)c1. The Morgan fingerprint density at radius 1 is 1.32 bits per heavy atom. The number of rotatable bonds is 7. The van der Waals surface area contributed by atoms with Crippen molar-refractivity contribution in [1.82, 2.24) is 5.32 Å². The third-order valence-corrected chi connectivity index (χ3v) is 4.35. The third kappa shape index (κ3) is 4.79. The lowest BCUT2D eigenvalue weighted by Gasteiger charge is -2.13. The molecule has 0 saturated heterocycles. The Morgan fingerprint density at radius 2 is 2.12 bits per heavy atom. The minimum atomic E-state index is -0.782. The van der Waals surface area contributed by atoms with Crippen molar-refractivity contribution in [2.24, 2.45) is 5.92 Å². The Labute approximate surface area is 146 Å². The molecule has 0 spiro atoms. The first-order chi connectivity index (χ1) is 12.0. The summed E-state index contributed by atoms with van der Waals surface area (Å²) in [6, 6.07) is 13.9. The zero-order chi connectivity index (χ0) is 17.8. The predicted molar refractivity (Wildman–Crippen MR) is 92.9 cm³/mol. The van der Waals surface area contributed by atoms with Crippen LogP contribution in [0.4, 0.5) is 4.39 Å². The maximum absolute atomic E-state index is 13.2. The fourth-order valence-electron chi connectivity index (χ4n) is 2.90. The molecule has 4 nitrogen and oxygen atoms in total. The maximum Gasteiger partial charge on any atom is 0.223 e. The Balaban J connectivity index is 1.40. The summed E-state index contributed by atoms with van der Waals surface area (Å²) < 4.78 is 18.8. The van der Waals surface area contributed by atoms with Gasteiger partial charge in [-0.3, -0.25) is 4.79 Å². The molecule has 1 fully saturated rings. The van der Waals surface area contributed by atoms with Crippen LogP contribution in [0.5, 0.6) is 5.75 Å². The molecule has 25 heavy (non-hydrogen) atoms. The van der Waals surface area contributed by atoms with E-state index in [0.29, 0.717) is 12.2 Å². The highest BCUT2D eigenvalue weighted by atomic mass is 19.1. The first kappa shape index (κ1) is 17.4. The summed E-state index contributed by atoms with van der Waals surface area (Å²) in [5, 5.41) is 12.7. The van der Waals surface area contributed by atoms with Crippen molar-refractivity contribution in [2.45, 2.75) is 25.4 Å². The summed E-state index contributed by atoms with van der Waals surface area (Å²) in [5.74, 6) is 0.220. The smallest absolute Gasteiger partial charge is 0.223 e. The van der Waals surface area contributed by atoms with Crippen LogP contribution in [0.2, 0.25) is 0 Å². The molecule has 3 rings (SSSR count). The molecule has 0 aromatic heterocycles. The second kappa shape index (κ2) is 7.66. The van der Waals surface area contributed by atoms with Crippen molar-refractivity contribution in [3.63, 3.8) is 0 Å². The summed E-state index contributed by atoms with van der Waals surface area (Å²) in [6.07, 6.45) is -0.0682. The predicted octanol–water partition coefficient (Wildman–Crippen LogP) is 2.79. The van der Waals surface area contributed by atoms with Crippen molar-refractivity contribution in [2.75, 3.05) is 13.2 Å². The van der Waals surface area contributed by atoms with Gasteiger partial charge in [0.15, 0.2) is 0 Å². The van der Waals surface area contributed by atoms with Gasteiger partial charge in [0.1, 0.15) is 24.3 Å². The molecule has 1 aliphatic carbocycles. The number of nitrogens with one attached hydrogen (secondary N) is 1. The monoisotopic (exact) mass is 343 g/mol. The van der Waals surface area contributed by atoms with Gasteiger partial charge in [-0.25, -0.2) is 4.39 Å². The average Bonchev–Trinajstić information content (AvgIpc) is 3.39. The van der Waals surface area contributed by atoms with Gasteiger partial charge < -0.3 is 15.2 Å². The second-order valence-corrected chi connectivity index (χ2v) is 6.53. The van der Waals surface area contributed by atoms with Crippen molar-refractivity contribution in [3.05, 3.63) is 65.5 Å². The minimum Gasteiger partial charge on any atom is -0.491 e. The van der Waals surface area contributed by atoms with Crippen LogP contribution in [-0.2, 0) is 4.79 Å². The fourth-order valence-corrected chi connectivity index (χ4v) is 2.90. The Kier molecular flexibility index (Phi) is 5.34. The summed E-state index contributed by atoms with van der Waals surface area (Å²) in [7, 11) is 0. The molecule has 3 atom stereocenters. The van der Waals surface area contributed by atoms with Crippen LogP contribution >= 0.6 is 0 Å². The van der Waals surface area contributed by atoms with E-state index in [0.717, 1.165) is 11.1 Å². The van der Waals surface area contributed by atoms with Crippen LogP contribution < -0.4 is 10.1 Å². The van der Waals surface area contributed by atoms with E-state index in [9.17, 15) is 14.3 Å². The minimum absolute atomic E-state index is 0.0661. The van der Waals surface area contributed by atoms with Crippen LogP contribution in [0.3, 0.4) is 0 Å². The molecule has 1 aliphatic rings. The molecular weight excluding hydrogens is 321 g/mol. The summed E-state index contributed by atoms with van der Waals surface area (Å²) in [4.78, 5) is 12.1. The van der Waals surface area contributed by atoms with Gasteiger partial charge in [-0.2, -0.15) is 0 Å². The van der Waals surface area contributed by atoms with Crippen LogP contribution in [0.25, 0.3) is 0 Å². The molecule has 0 bridgehead atoms. The zero-order valence-electron chi connectivity index (χ0n) is 14.1. The molecule has 0 radical (unpaired) electrons. The molecule has 1 amide bonds. The first-order valence-corrected chi connectivity index (χ1v) is 8.43. The number of amides is 1. The number of hydrogen-bond donors (Lipinski definition) is 2. The highest BCUT2D eigenvalue weighted by molar-refractivity contribution is 5.82. The van der Waals surface area contributed by atoms with Gasteiger partial charge in [0.2, 0.25) is 5.91 Å². The highest BCUT2D eigenvalue weighted by Crippen LogP contribution is 2.47. The molecule has 3 unspecified atom stereocenters. The molecule has 5 heteroatoms. The van der Waals surface area contributed by atoms with Crippen molar-refractivity contribution < 1.29 is 19.0 Å². The topological polar surface area (TPSA) is 58.6 Å². The van der Waals surface area contributed by atoms with E-state index < -0.39 is 6.10 Å². The lowest BCUT2D eigenvalue weighted by atomic mass is 10.1. The summed E-state index contributed by atoms with van der Waals surface area (Å²) in [6.45, 7) is 2.22. The number of halogens is 1. The van der Waals surface area contributed by atoms with Crippen LogP contribution in [0.15, 0.2) is 48.5 Å². The van der Waals surface area contributed by atoms with Gasteiger partial charge in [-0.1, -0.05) is 24.3 Å². The van der Waals surface area contributed by atoms with Gasteiger partial charge in [-0.15, -0.1) is 0 Å². The molecule has 2 aromatic carbocycles. The largest absolute Gasteiger partial charge is 0.491 e. The van der Waals surface area contributed by atoms with Gasteiger partial charge in [-0.05, 0) is 54.7 Å². The number of aliphatic hydroxyl groups excluding tert-OH is 1. The lowest BCUT2D eigenvalue weighted by Crippen LogP contribution is -2.36. The number of aliphatic hydroxyl groups is 1. The van der Waals surface area contributed by atoms with E-state index in [2.05, 4.69) is 5.32 Å². The van der Waals surface area contributed by atoms with E-state index in [4.69, 9.17) is 4.74 Å². The third-order valence-electron chi connectivity index (χ3n) is 4.35. The van der Waals surface area contributed by atoms with Gasteiger partial charge in [0.05, 0.1) is 0 Å². The lowest BCUT2D eigenvalue weighted by molar-refractivity contribution is -0.122. The van der Waals surface area contributed by atoms with Gasteiger partial charge in [0, 0.05) is 12.5 Å². The Bertz CT molecular complexity index is 749. The average molecular weight is 343 g/mol. The number of hydrogen-bond acceptors (Lipinski definition) is 3. The van der Waals surface area contributed by atoms with E-state index in [1.165, 1.54) is 12.1 Å². The van der Waals surface area contributed by atoms with Gasteiger partial charge in [0.25, 0.3) is 0 Å². The highest BCUT2D eigenvalue weighted by Gasteiger charge is 2.43. The van der Waals surface area contributed by atoms with Crippen molar-refractivity contribution in [1.29, 1.82) is 0 Å². The molecule has 2 aromatic rings. The van der Waals surface area contributed by atoms with Gasteiger partial charge >= 0.3 is 0 Å². The standard InChI is InChI=1S/C20H22FNO3/c1-13-4-2-7-17(8-13)25-12-16(23)11-22-20(24)19-10-18(19)14-5-3-6-15(21)9-14/h2-9,16,18-19,23H,10-12H2,1H3,(H,22,24). The fraction of sp³-hybridized carbons (Fsp3) is 0.350. The number of carbonyl (C=O) groups is 1. The number of benzene rings is 2. The second-order valence-electron chi connectivity index (χ2n) is 6.53. The van der Waals surface area contributed by atoms with E-state index in [1.807, 2.05) is 37.3 Å². The molecule has 0 heterocycles. The molecule has 2 N–H and O–H groups in total. The summed E-state index contributed by atoms with van der Waals surface area (Å²) >= 11 is 0. The summed E-state index contributed by atoms with van der Waals surface area (Å²) in [5.41, 5.74) is 1.93. The van der Waals surface area contributed by atoms with Crippen LogP contribution in [0.1, 0.15) is 23.5 Å². The molecular formula is C20H22FNO3. The van der Waals surface area contributed by atoms with E-state index in [-0.39, 0.29) is 36.7 Å². The molecule has 1 saturated carbocycles. The molecule has 132 valence electrons. The Hall–Kier alpha value is -2.40. The number of ether oxygens (including phenoxy) is 1. The normalized spacial score (nSPS) is 20.0. The van der Waals surface area contributed by atoms with Crippen molar-refractivity contribution >= 4 is 5.91 Å². The Morgan fingerprint density at radius 3 is 2.88 bits per heavy atom. The zero-order valence-corrected chi connectivity index (χ0v) is 14.1. The van der Waals surface area contributed by atoms with E-state index >= 15 is 0 Å². The number of aryl methyl sites for hydroxylation is 1. The van der Waals surface area contributed by atoms with E-state index in [1.54, 1.807) is 6.07 Å². The first-order valence-electron chi connectivity index (χ1n) is 8.43. The molecule has 0 aliphatic heterocycles.